The number of aromatic carboxylic acids is 1. The Morgan fingerprint density at radius 2 is 1.82 bits per heavy atom. The second-order valence-corrected chi connectivity index (χ2v) is 1.82. The molecular weight excluding hydrogens is 180 g/mol. The third-order valence-corrected chi connectivity index (χ3v) is 1.13. The first-order valence-electron chi connectivity index (χ1n) is 2.73. The number of carbonyl (C=O) groups is 1. The van der Waals surface area contributed by atoms with E-state index in [1.807, 2.05) is 0 Å². The molecule has 0 unspecified atom stereocenters. The second kappa shape index (κ2) is 4.16. The smallest absolute Gasteiger partial charge is 0.339 e. The van der Waals surface area contributed by atoms with E-state index < -0.39 is 5.97 Å². The number of benzene rings is 1. The van der Waals surface area contributed by atoms with Crippen LogP contribution in [-0.4, -0.2) is 16.2 Å². The van der Waals surface area contributed by atoms with Crippen LogP contribution in [0.3, 0.4) is 0 Å². The summed E-state index contributed by atoms with van der Waals surface area (Å²) in [6, 6.07) is 5.81. The van der Waals surface area contributed by atoms with Crippen LogP contribution in [-0.2, 0) is 21.7 Å². The minimum Gasteiger partial charge on any atom is -0.507 e. The number of phenols is 1. The molecule has 0 amide bonds. The zero-order valence-electron chi connectivity index (χ0n) is 5.61. The molecule has 2 N–H and O–H groups in total. The molecule has 11 heavy (non-hydrogen) atoms. The van der Waals surface area contributed by atoms with Crippen LogP contribution in [0.4, 0.5) is 0 Å². The summed E-state index contributed by atoms with van der Waals surface area (Å²) in [6.45, 7) is 0. The molecule has 0 fully saturated rings. The van der Waals surface area contributed by atoms with Crippen molar-refractivity contribution in [3.8, 4) is 5.75 Å². The van der Waals surface area contributed by atoms with E-state index in [1.54, 1.807) is 12.1 Å². The van der Waals surface area contributed by atoms with Crippen LogP contribution in [0.25, 0.3) is 0 Å². The van der Waals surface area contributed by atoms with Gasteiger partial charge in [-0.15, -0.1) is 0 Å². The van der Waals surface area contributed by atoms with Crippen molar-refractivity contribution in [3.63, 3.8) is 0 Å². The molecule has 0 spiro atoms. The van der Waals surface area contributed by atoms with Gasteiger partial charge in [-0.3, -0.25) is 0 Å². The predicted molar refractivity (Wildman–Crippen MR) is 35.1 cm³/mol. The third kappa shape index (κ3) is 2.37. The summed E-state index contributed by atoms with van der Waals surface area (Å²) in [5, 5.41) is 17.3. The van der Waals surface area contributed by atoms with Crippen molar-refractivity contribution in [3.05, 3.63) is 29.8 Å². The van der Waals surface area contributed by atoms with Gasteiger partial charge in [0.25, 0.3) is 0 Å². The van der Waals surface area contributed by atoms with E-state index in [2.05, 4.69) is 0 Å². The Morgan fingerprint density at radius 1 is 1.27 bits per heavy atom. The Balaban J connectivity index is 0.000001000. The molecule has 0 aliphatic rings. The quantitative estimate of drug-likeness (QED) is 0.645. The number of hydrogen-bond acceptors (Lipinski definition) is 2. The minimum atomic E-state index is -1.11. The first-order chi connectivity index (χ1) is 4.72. The van der Waals surface area contributed by atoms with Crippen molar-refractivity contribution in [2.24, 2.45) is 0 Å². The van der Waals surface area contributed by atoms with Crippen LogP contribution in [0.1, 0.15) is 10.4 Å². The molecule has 1 aromatic carbocycles. The van der Waals surface area contributed by atoms with Gasteiger partial charge in [0.1, 0.15) is 11.3 Å². The summed E-state index contributed by atoms with van der Waals surface area (Å²) in [5.41, 5.74) is -0.0671. The van der Waals surface area contributed by atoms with Gasteiger partial charge in [0.2, 0.25) is 0 Å². The van der Waals surface area contributed by atoms with E-state index >= 15 is 0 Å². The molecule has 0 saturated heterocycles. The van der Waals surface area contributed by atoms with Gasteiger partial charge in [0.15, 0.2) is 0 Å². The van der Waals surface area contributed by atoms with Crippen LogP contribution in [0.5, 0.6) is 5.75 Å². The summed E-state index contributed by atoms with van der Waals surface area (Å²) < 4.78 is 0. The number of aromatic hydroxyl groups is 1. The van der Waals surface area contributed by atoms with E-state index in [4.69, 9.17) is 10.2 Å². The van der Waals surface area contributed by atoms with Crippen molar-refractivity contribution >= 4 is 5.97 Å². The summed E-state index contributed by atoms with van der Waals surface area (Å²) in [4.78, 5) is 10.3. The Morgan fingerprint density at radius 3 is 2.18 bits per heavy atom. The third-order valence-electron chi connectivity index (χ3n) is 1.13. The fourth-order valence-electron chi connectivity index (χ4n) is 0.654. The van der Waals surface area contributed by atoms with E-state index in [1.165, 1.54) is 12.1 Å². The van der Waals surface area contributed by atoms with Crippen molar-refractivity contribution in [2.45, 2.75) is 0 Å². The molecule has 0 saturated carbocycles. The standard InChI is InChI=1S/C7H6O3.Ti/c8-6-4-2-1-3-5(6)7(9)10;/h1-4,8H,(H,9,10);. The molecule has 1 aromatic rings. The monoisotopic (exact) mass is 186 g/mol. The van der Waals surface area contributed by atoms with Crippen LogP contribution < -0.4 is 0 Å². The van der Waals surface area contributed by atoms with Gasteiger partial charge in [-0.2, -0.15) is 0 Å². The second-order valence-electron chi connectivity index (χ2n) is 1.82. The molecule has 56 valence electrons. The van der Waals surface area contributed by atoms with Gasteiger partial charge >= 0.3 is 5.97 Å². The van der Waals surface area contributed by atoms with Crippen LogP contribution in [0.2, 0.25) is 0 Å². The Bertz CT molecular complexity index is 260. The van der Waals surface area contributed by atoms with Crippen LogP contribution in [0, 0.1) is 0 Å². The first kappa shape index (κ1) is 10.2. The fourth-order valence-corrected chi connectivity index (χ4v) is 0.654. The summed E-state index contributed by atoms with van der Waals surface area (Å²) >= 11 is 0. The van der Waals surface area contributed by atoms with Gasteiger partial charge < -0.3 is 10.2 Å². The Labute approximate surface area is 78.6 Å². The molecule has 0 aromatic heterocycles. The van der Waals surface area contributed by atoms with E-state index in [9.17, 15) is 4.79 Å². The molecule has 1 rings (SSSR count). The van der Waals surface area contributed by atoms with Crippen molar-refractivity contribution in [1.82, 2.24) is 0 Å². The molecule has 0 aliphatic heterocycles. The molecule has 0 heterocycles. The molecular formula is C7H6O3Ti. The largest absolute Gasteiger partial charge is 0.507 e. The van der Waals surface area contributed by atoms with Crippen molar-refractivity contribution in [1.29, 1.82) is 0 Å². The van der Waals surface area contributed by atoms with Gasteiger partial charge in [0, 0.05) is 21.7 Å². The summed E-state index contributed by atoms with van der Waals surface area (Å²) in [5.74, 6) is -1.31. The molecule has 0 radical (unpaired) electrons. The van der Waals surface area contributed by atoms with Gasteiger partial charge in [0.05, 0.1) is 0 Å². The maximum atomic E-state index is 10.3. The van der Waals surface area contributed by atoms with Gasteiger partial charge in [-0.1, -0.05) is 12.1 Å². The number of para-hydroxylation sites is 1. The van der Waals surface area contributed by atoms with Gasteiger partial charge in [-0.25, -0.2) is 4.79 Å². The van der Waals surface area contributed by atoms with Crippen LogP contribution in [0.15, 0.2) is 24.3 Å². The number of carboxylic acids is 1. The van der Waals surface area contributed by atoms with E-state index in [0.29, 0.717) is 0 Å². The van der Waals surface area contributed by atoms with Crippen LogP contribution >= 0.6 is 0 Å². The zero-order valence-corrected chi connectivity index (χ0v) is 7.17. The normalized spacial score (nSPS) is 8.36. The number of hydrogen-bond donors (Lipinski definition) is 2. The Kier molecular flexibility index (Phi) is 3.86. The SMILES string of the molecule is O=C(O)c1ccccc1O.[Ti]. The average Bonchev–Trinajstić information content (AvgIpc) is 1.88. The topological polar surface area (TPSA) is 57.5 Å². The van der Waals surface area contributed by atoms with E-state index in [0.717, 1.165) is 0 Å². The Hall–Kier alpha value is -0.796. The summed E-state index contributed by atoms with van der Waals surface area (Å²) in [7, 11) is 0. The number of carboxylic acid groups (broad SMARTS) is 1. The average molecular weight is 186 g/mol. The number of rotatable bonds is 1. The summed E-state index contributed by atoms with van der Waals surface area (Å²) in [6.07, 6.45) is 0. The molecule has 0 aliphatic carbocycles. The molecule has 3 nitrogen and oxygen atoms in total. The van der Waals surface area contributed by atoms with E-state index in [-0.39, 0.29) is 33.0 Å². The van der Waals surface area contributed by atoms with Crippen molar-refractivity contribution in [2.75, 3.05) is 0 Å². The maximum absolute atomic E-state index is 10.3. The molecule has 4 heteroatoms. The molecule has 0 bridgehead atoms. The van der Waals surface area contributed by atoms with Gasteiger partial charge in [-0.05, 0) is 12.1 Å². The first-order valence-corrected chi connectivity index (χ1v) is 2.73. The fraction of sp³-hybridized carbons (Fsp3) is 0. The predicted octanol–water partition coefficient (Wildman–Crippen LogP) is 1.09. The molecule has 0 atom stereocenters. The zero-order chi connectivity index (χ0) is 7.56. The minimum absolute atomic E-state index is 0. The van der Waals surface area contributed by atoms with Crippen molar-refractivity contribution < 1.29 is 36.7 Å². The maximum Gasteiger partial charge on any atom is 0.339 e.